The van der Waals surface area contributed by atoms with Crippen LogP contribution in [0, 0.1) is 17.2 Å². The summed E-state index contributed by atoms with van der Waals surface area (Å²) in [4.78, 5) is 10.1. The van der Waals surface area contributed by atoms with E-state index in [2.05, 4.69) is 51.5 Å². The van der Waals surface area contributed by atoms with Gasteiger partial charge in [-0.05, 0) is 78.9 Å². The van der Waals surface area contributed by atoms with Crippen LogP contribution in [0.5, 0.6) is 0 Å². The van der Waals surface area contributed by atoms with Gasteiger partial charge in [-0.15, -0.1) is 0 Å². The van der Waals surface area contributed by atoms with Gasteiger partial charge in [0.2, 0.25) is 0 Å². The molecule has 6 nitrogen and oxygen atoms in total. The van der Waals surface area contributed by atoms with E-state index >= 15 is 0 Å². The summed E-state index contributed by atoms with van der Waals surface area (Å²) >= 11 is 0. The lowest BCUT2D eigenvalue weighted by Gasteiger charge is -2.47. The van der Waals surface area contributed by atoms with E-state index in [0.29, 0.717) is 29.6 Å². The van der Waals surface area contributed by atoms with Crippen LogP contribution in [0.2, 0.25) is 0 Å². The van der Waals surface area contributed by atoms with E-state index in [9.17, 15) is 5.26 Å². The van der Waals surface area contributed by atoms with E-state index < -0.39 is 0 Å². The molecule has 1 saturated carbocycles. The molecule has 3 aromatic rings. The second-order valence-electron chi connectivity index (χ2n) is 10.5. The zero-order valence-corrected chi connectivity index (χ0v) is 20.7. The molecule has 2 aromatic carbocycles. The number of nitrogens with one attached hydrogen (secondary N) is 1. The highest BCUT2D eigenvalue weighted by atomic mass is 15.3. The highest BCUT2D eigenvalue weighted by molar-refractivity contribution is 5.70. The Morgan fingerprint density at radius 3 is 2.61 bits per heavy atom. The minimum atomic E-state index is 0.448. The Morgan fingerprint density at radius 1 is 0.944 bits per heavy atom. The van der Waals surface area contributed by atoms with Gasteiger partial charge in [-0.3, -0.25) is 0 Å². The number of fused-ring (bicyclic) bond motifs is 2. The average molecular weight is 479 g/mol. The average Bonchev–Trinajstić information content (AvgIpc) is 3.10. The van der Waals surface area contributed by atoms with Gasteiger partial charge in [-0.2, -0.15) is 5.26 Å². The summed E-state index contributed by atoms with van der Waals surface area (Å²) < 4.78 is 0. The van der Waals surface area contributed by atoms with Gasteiger partial charge in [0.15, 0.2) is 0 Å². The SMILES string of the molecule is N#Cc1ccc(N2CCC3C(CNC4CCCCC4N3c3cc(-c4cccc(N)c4)ccn3)C2)cc1. The van der Waals surface area contributed by atoms with Crippen LogP contribution in [0.25, 0.3) is 11.1 Å². The Labute approximate surface area is 213 Å². The van der Waals surface area contributed by atoms with Crippen molar-refractivity contribution in [1.29, 1.82) is 5.26 Å². The van der Waals surface area contributed by atoms with Crippen molar-refractivity contribution in [2.45, 2.75) is 50.2 Å². The highest BCUT2D eigenvalue weighted by Crippen LogP contribution is 2.38. The topological polar surface area (TPSA) is 81.2 Å². The Morgan fingerprint density at radius 2 is 1.78 bits per heavy atom. The summed E-state index contributed by atoms with van der Waals surface area (Å²) in [5.74, 6) is 1.59. The molecule has 1 aromatic heterocycles. The third-order valence-electron chi connectivity index (χ3n) is 8.37. The second-order valence-corrected chi connectivity index (χ2v) is 10.5. The van der Waals surface area contributed by atoms with Crippen LogP contribution in [0.3, 0.4) is 0 Å². The summed E-state index contributed by atoms with van der Waals surface area (Å²) in [6.07, 6.45) is 8.08. The number of nitriles is 1. The third-order valence-corrected chi connectivity index (χ3v) is 8.37. The first-order chi connectivity index (χ1) is 17.7. The Hall–Kier alpha value is -3.56. The molecular weight excluding hydrogens is 444 g/mol. The first kappa shape index (κ1) is 22.9. The lowest BCUT2D eigenvalue weighted by Crippen LogP contribution is -2.56. The molecule has 3 heterocycles. The van der Waals surface area contributed by atoms with E-state index in [0.717, 1.165) is 43.1 Å². The number of hydrogen-bond donors (Lipinski definition) is 2. The minimum Gasteiger partial charge on any atom is -0.399 e. The molecule has 6 rings (SSSR count). The van der Waals surface area contributed by atoms with Crippen molar-refractivity contribution < 1.29 is 0 Å². The van der Waals surface area contributed by atoms with Crippen molar-refractivity contribution in [2.75, 3.05) is 35.2 Å². The number of benzene rings is 2. The van der Waals surface area contributed by atoms with Crippen LogP contribution >= 0.6 is 0 Å². The van der Waals surface area contributed by atoms with E-state index in [1.54, 1.807) is 0 Å². The van der Waals surface area contributed by atoms with Gasteiger partial charge < -0.3 is 20.9 Å². The fourth-order valence-corrected chi connectivity index (χ4v) is 6.60. The molecule has 0 spiro atoms. The summed E-state index contributed by atoms with van der Waals surface area (Å²) in [6, 6.07) is 24.2. The maximum absolute atomic E-state index is 9.18. The Kier molecular flexibility index (Phi) is 6.25. The van der Waals surface area contributed by atoms with Crippen molar-refractivity contribution >= 4 is 17.2 Å². The lowest BCUT2D eigenvalue weighted by atomic mass is 9.86. The summed E-state index contributed by atoms with van der Waals surface area (Å²) in [5, 5.41) is 13.2. The number of pyridine rings is 1. The number of nitrogen functional groups attached to an aromatic ring is 1. The standard InChI is InChI=1S/C30H34N6/c31-18-21-8-10-26(11-9-21)35-15-13-28-24(20-35)19-34-27-6-1-2-7-29(27)36(28)30-17-23(12-14-33-30)22-4-3-5-25(32)16-22/h3-5,8-12,14,16-17,24,27-29,34H,1-2,6-7,13,15,19-20,32H2. The molecule has 2 aliphatic heterocycles. The number of aromatic nitrogens is 1. The molecule has 0 bridgehead atoms. The molecule has 184 valence electrons. The van der Waals surface area contributed by atoms with E-state index in [1.165, 1.54) is 36.9 Å². The first-order valence-corrected chi connectivity index (χ1v) is 13.3. The number of anilines is 3. The first-order valence-electron chi connectivity index (χ1n) is 13.3. The summed E-state index contributed by atoms with van der Waals surface area (Å²) in [7, 11) is 0. The molecular formula is C30H34N6. The summed E-state index contributed by atoms with van der Waals surface area (Å²) in [6.45, 7) is 3.05. The fourth-order valence-electron chi connectivity index (χ4n) is 6.60. The second kappa shape index (κ2) is 9.83. The number of rotatable bonds is 3. The Balaban J connectivity index is 1.33. The lowest BCUT2D eigenvalue weighted by molar-refractivity contribution is 0.316. The zero-order valence-electron chi connectivity index (χ0n) is 20.7. The monoisotopic (exact) mass is 478 g/mol. The van der Waals surface area contributed by atoms with E-state index in [1.807, 2.05) is 36.5 Å². The van der Waals surface area contributed by atoms with Crippen LogP contribution in [-0.4, -0.2) is 42.7 Å². The predicted molar refractivity (Wildman–Crippen MR) is 146 cm³/mol. The normalized spacial score (nSPS) is 25.9. The van der Waals surface area contributed by atoms with Crippen LogP contribution in [0.1, 0.15) is 37.7 Å². The molecule has 1 aliphatic carbocycles. The molecule has 4 atom stereocenters. The largest absolute Gasteiger partial charge is 0.399 e. The number of hydrogen-bond acceptors (Lipinski definition) is 6. The number of nitrogens with two attached hydrogens (primary N) is 1. The number of nitrogens with zero attached hydrogens (tertiary/aromatic N) is 4. The molecule has 2 saturated heterocycles. The summed E-state index contributed by atoms with van der Waals surface area (Å²) in [5.41, 5.74) is 11.1. The molecule has 3 N–H and O–H groups in total. The van der Waals surface area contributed by atoms with Gasteiger partial charge in [0.25, 0.3) is 0 Å². The molecule has 36 heavy (non-hydrogen) atoms. The van der Waals surface area contributed by atoms with Crippen molar-refractivity contribution in [3.05, 3.63) is 72.4 Å². The molecule has 3 fully saturated rings. The molecule has 6 heteroatoms. The highest BCUT2D eigenvalue weighted by Gasteiger charge is 2.43. The number of piperidine rings is 1. The van der Waals surface area contributed by atoms with Crippen LogP contribution in [-0.2, 0) is 0 Å². The van der Waals surface area contributed by atoms with Crippen LogP contribution in [0.4, 0.5) is 17.2 Å². The van der Waals surface area contributed by atoms with Crippen molar-refractivity contribution in [2.24, 2.45) is 5.92 Å². The zero-order chi connectivity index (χ0) is 24.5. The van der Waals surface area contributed by atoms with Crippen molar-refractivity contribution in [1.82, 2.24) is 10.3 Å². The van der Waals surface area contributed by atoms with Crippen molar-refractivity contribution in [3.8, 4) is 17.2 Å². The Bertz CT molecular complexity index is 1250. The van der Waals surface area contributed by atoms with Crippen molar-refractivity contribution in [3.63, 3.8) is 0 Å². The molecule has 4 unspecified atom stereocenters. The smallest absolute Gasteiger partial charge is 0.129 e. The van der Waals surface area contributed by atoms with Gasteiger partial charge >= 0.3 is 0 Å². The van der Waals surface area contributed by atoms with Gasteiger partial charge in [0, 0.05) is 61.2 Å². The van der Waals surface area contributed by atoms with Gasteiger partial charge in [-0.25, -0.2) is 4.98 Å². The van der Waals surface area contributed by atoms with Crippen LogP contribution in [0.15, 0.2) is 66.9 Å². The van der Waals surface area contributed by atoms with Crippen LogP contribution < -0.4 is 20.9 Å². The minimum absolute atomic E-state index is 0.448. The van der Waals surface area contributed by atoms with Gasteiger partial charge in [-0.1, -0.05) is 25.0 Å². The third kappa shape index (κ3) is 4.40. The fraction of sp³-hybridized carbons (Fsp3) is 0.400. The van der Waals surface area contributed by atoms with E-state index in [4.69, 9.17) is 10.7 Å². The van der Waals surface area contributed by atoms with Gasteiger partial charge in [0.1, 0.15) is 5.82 Å². The molecule has 0 radical (unpaired) electrons. The molecule has 3 aliphatic rings. The van der Waals surface area contributed by atoms with Gasteiger partial charge in [0.05, 0.1) is 11.6 Å². The van der Waals surface area contributed by atoms with E-state index in [-0.39, 0.29) is 0 Å². The quantitative estimate of drug-likeness (QED) is 0.526. The maximum atomic E-state index is 9.18. The maximum Gasteiger partial charge on any atom is 0.129 e. The predicted octanol–water partition coefficient (Wildman–Crippen LogP) is 4.82. The molecule has 0 amide bonds.